The van der Waals surface area contributed by atoms with Crippen LogP contribution in [0.4, 0.5) is 0 Å². The van der Waals surface area contributed by atoms with Gasteiger partial charge in [-0.15, -0.1) is 0 Å². The third kappa shape index (κ3) is 2.92. The van der Waals surface area contributed by atoms with E-state index >= 15 is 0 Å². The summed E-state index contributed by atoms with van der Waals surface area (Å²) in [7, 11) is 3.12. The predicted molar refractivity (Wildman–Crippen MR) is 97.4 cm³/mol. The summed E-state index contributed by atoms with van der Waals surface area (Å²) in [4.78, 5) is 19.4. The molecule has 0 unspecified atom stereocenters. The lowest BCUT2D eigenvalue weighted by Crippen LogP contribution is -2.15. The average Bonchev–Trinajstić information content (AvgIpc) is 2.65. The smallest absolute Gasteiger partial charge is 0.270 e. The Morgan fingerprint density at radius 1 is 1.20 bits per heavy atom. The van der Waals surface area contributed by atoms with Gasteiger partial charge in [0, 0.05) is 0 Å². The Hall–Kier alpha value is -2.98. The molecule has 0 spiro atoms. The Morgan fingerprint density at radius 2 is 1.96 bits per heavy atom. The number of nitrogens with one attached hydrogen (secondary N) is 1. The van der Waals surface area contributed by atoms with Gasteiger partial charge in [0.2, 0.25) is 0 Å². The molecule has 25 heavy (non-hydrogen) atoms. The van der Waals surface area contributed by atoms with Gasteiger partial charge in [-0.05, 0) is 35.2 Å². The number of aromatic nitrogens is 2. The van der Waals surface area contributed by atoms with Gasteiger partial charge in [0.25, 0.3) is 5.56 Å². The van der Waals surface area contributed by atoms with Crippen molar-refractivity contribution in [2.45, 2.75) is 5.16 Å². The van der Waals surface area contributed by atoms with Gasteiger partial charge in [-0.3, -0.25) is 4.79 Å². The van der Waals surface area contributed by atoms with Gasteiger partial charge in [-0.2, -0.15) is 5.26 Å². The molecule has 0 saturated carbocycles. The minimum atomic E-state index is -0.473. The zero-order chi connectivity index (χ0) is 18.0. The normalized spacial score (nSPS) is 10.5. The van der Waals surface area contributed by atoms with E-state index in [1.165, 1.54) is 11.8 Å². The van der Waals surface area contributed by atoms with Crippen LogP contribution in [-0.2, 0) is 0 Å². The minimum Gasteiger partial charge on any atom is -0.497 e. The highest BCUT2D eigenvalue weighted by atomic mass is 32.2. The van der Waals surface area contributed by atoms with E-state index in [-0.39, 0.29) is 5.56 Å². The number of fused-ring (bicyclic) bond motifs is 1. The van der Waals surface area contributed by atoms with Crippen molar-refractivity contribution in [3.63, 3.8) is 0 Å². The number of nitriles is 1. The summed E-state index contributed by atoms with van der Waals surface area (Å²) in [5.74, 6) is 1.19. The van der Waals surface area contributed by atoms with Crippen LogP contribution < -0.4 is 15.0 Å². The molecule has 1 heterocycles. The second-order valence-electron chi connectivity index (χ2n) is 5.14. The molecule has 1 aromatic heterocycles. The van der Waals surface area contributed by atoms with E-state index in [1.807, 2.05) is 30.3 Å². The fourth-order valence-corrected chi connectivity index (χ4v) is 3.03. The number of rotatable bonds is 4. The Morgan fingerprint density at radius 3 is 2.60 bits per heavy atom. The van der Waals surface area contributed by atoms with Crippen molar-refractivity contribution >= 4 is 22.5 Å². The molecule has 0 aliphatic heterocycles. The lowest BCUT2D eigenvalue weighted by Gasteiger charge is -2.14. The molecular weight excluding hydrogens is 338 g/mol. The van der Waals surface area contributed by atoms with Gasteiger partial charge in [0.15, 0.2) is 5.16 Å². The molecular formula is C18H15N3O3S. The first-order valence-electron chi connectivity index (χ1n) is 7.36. The highest BCUT2D eigenvalue weighted by molar-refractivity contribution is 7.98. The van der Waals surface area contributed by atoms with Crippen LogP contribution in [0.2, 0.25) is 0 Å². The molecule has 3 aromatic rings. The predicted octanol–water partition coefficient (Wildman–Crippen LogP) is 3.20. The maximum Gasteiger partial charge on any atom is 0.270 e. The summed E-state index contributed by atoms with van der Waals surface area (Å²) in [5, 5.41) is 11.6. The van der Waals surface area contributed by atoms with E-state index < -0.39 is 5.56 Å². The largest absolute Gasteiger partial charge is 0.497 e. The van der Waals surface area contributed by atoms with Crippen LogP contribution in [0.3, 0.4) is 0 Å². The molecule has 1 N–H and O–H groups in total. The third-order valence-corrected chi connectivity index (χ3v) is 4.43. The van der Waals surface area contributed by atoms with Gasteiger partial charge < -0.3 is 14.5 Å². The molecule has 0 radical (unpaired) electrons. The Labute approximate surface area is 148 Å². The minimum absolute atomic E-state index is 0.0496. The summed E-state index contributed by atoms with van der Waals surface area (Å²) in [6.07, 6.45) is 1.80. The number of benzene rings is 2. The molecule has 7 heteroatoms. The summed E-state index contributed by atoms with van der Waals surface area (Å²) in [5.41, 5.74) is 0.369. The van der Waals surface area contributed by atoms with Crippen molar-refractivity contribution in [1.29, 1.82) is 5.26 Å². The molecule has 0 aliphatic carbocycles. The maximum atomic E-state index is 12.3. The number of thioether (sulfide) groups is 1. The van der Waals surface area contributed by atoms with Crippen LogP contribution >= 0.6 is 11.8 Å². The van der Waals surface area contributed by atoms with Crippen LogP contribution in [0.15, 0.2) is 40.3 Å². The average molecular weight is 353 g/mol. The topological polar surface area (TPSA) is 88.0 Å². The second kappa shape index (κ2) is 6.87. The Kier molecular flexibility index (Phi) is 4.63. The van der Waals surface area contributed by atoms with Gasteiger partial charge >= 0.3 is 0 Å². The highest BCUT2D eigenvalue weighted by Crippen LogP contribution is 2.38. The molecule has 0 fully saturated rings. The monoisotopic (exact) mass is 353 g/mol. The van der Waals surface area contributed by atoms with E-state index in [0.29, 0.717) is 27.9 Å². The van der Waals surface area contributed by atoms with E-state index in [1.54, 1.807) is 26.5 Å². The summed E-state index contributed by atoms with van der Waals surface area (Å²) < 4.78 is 10.8. The molecule has 0 bridgehead atoms. The first-order valence-corrected chi connectivity index (χ1v) is 8.59. The quantitative estimate of drug-likeness (QED) is 0.572. The van der Waals surface area contributed by atoms with Crippen molar-refractivity contribution in [2.75, 3.05) is 20.5 Å². The molecule has 0 atom stereocenters. The van der Waals surface area contributed by atoms with Crippen molar-refractivity contribution in [2.24, 2.45) is 0 Å². The summed E-state index contributed by atoms with van der Waals surface area (Å²) in [6.45, 7) is 0. The second-order valence-corrected chi connectivity index (χ2v) is 5.94. The van der Waals surface area contributed by atoms with Crippen LogP contribution in [-0.4, -0.2) is 30.4 Å². The van der Waals surface area contributed by atoms with Gasteiger partial charge in [0.1, 0.15) is 28.8 Å². The zero-order valence-corrected chi connectivity index (χ0v) is 14.7. The number of ether oxygens (including phenoxy) is 2. The number of aromatic amines is 1. The number of nitrogens with zero attached hydrogens (tertiary/aromatic N) is 2. The summed E-state index contributed by atoms with van der Waals surface area (Å²) >= 11 is 1.30. The summed E-state index contributed by atoms with van der Waals surface area (Å²) in [6, 6.07) is 11.3. The van der Waals surface area contributed by atoms with Crippen LogP contribution in [0, 0.1) is 11.3 Å². The number of hydrogen-bond acceptors (Lipinski definition) is 6. The maximum absolute atomic E-state index is 12.3. The van der Waals surface area contributed by atoms with Gasteiger partial charge in [0.05, 0.1) is 19.8 Å². The number of hydrogen-bond donors (Lipinski definition) is 1. The molecule has 0 amide bonds. The van der Waals surface area contributed by atoms with Crippen LogP contribution in [0.25, 0.3) is 22.0 Å². The van der Waals surface area contributed by atoms with E-state index in [2.05, 4.69) is 9.97 Å². The fraction of sp³-hybridized carbons (Fsp3) is 0.167. The Bertz CT molecular complexity index is 1050. The molecule has 0 aliphatic rings. The third-order valence-electron chi connectivity index (χ3n) is 3.85. The van der Waals surface area contributed by atoms with Crippen LogP contribution in [0.5, 0.6) is 11.5 Å². The SMILES string of the molecule is COc1ccc2ccc(OC)c(-c3nc(SC)[nH]c(=O)c3C#N)c2c1. The highest BCUT2D eigenvalue weighted by Gasteiger charge is 2.20. The fourth-order valence-electron chi connectivity index (χ4n) is 2.65. The Balaban J connectivity index is 2.48. The van der Waals surface area contributed by atoms with Crippen LogP contribution in [0.1, 0.15) is 5.56 Å². The van der Waals surface area contributed by atoms with E-state index in [9.17, 15) is 10.1 Å². The van der Waals surface area contributed by atoms with Gasteiger partial charge in [-0.25, -0.2) is 4.98 Å². The van der Waals surface area contributed by atoms with Crippen molar-refractivity contribution in [3.05, 3.63) is 46.2 Å². The van der Waals surface area contributed by atoms with Gasteiger partial charge in [-0.1, -0.05) is 23.9 Å². The van der Waals surface area contributed by atoms with Crippen molar-refractivity contribution < 1.29 is 9.47 Å². The zero-order valence-electron chi connectivity index (χ0n) is 13.9. The molecule has 3 rings (SSSR count). The van der Waals surface area contributed by atoms with Crippen molar-refractivity contribution in [1.82, 2.24) is 9.97 Å². The van der Waals surface area contributed by atoms with E-state index in [4.69, 9.17) is 9.47 Å². The van der Waals surface area contributed by atoms with Crippen molar-refractivity contribution in [3.8, 4) is 28.8 Å². The molecule has 2 aromatic carbocycles. The number of H-pyrrole nitrogens is 1. The first-order chi connectivity index (χ1) is 12.1. The molecule has 126 valence electrons. The first kappa shape index (κ1) is 16.9. The number of methoxy groups -OCH3 is 2. The van der Waals surface area contributed by atoms with E-state index in [0.717, 1.165) is 10.8 Å². The lowest BCUT2D eigenvalue weighted by atomic mass is 9.98. The lowest BCUT2D eigenvalue weighted by molar-refractivity contribution is 0.414. The molecule has 0 saturated heterocycles. The standard InChI is InChI=1S/C18H15N3O3S/c1-23-11-6-4-10-5-7-14(24-2)15(12(10)8-11)16-13(9-19)17(22)21-18(20-16)25-3/h4-8H,1-3H3,(H,20,21,22). The molecule has 6 nitrogen and oxygen atoms in total.